The van der Waals surface area contributed by atoms with Crippen LogP contribution >= 0.6 is 23.1 Å². The Hall–Kier alpha value is -1.49. The maximum absolute atomic E-state index is 6.15. The molecule has 0 bridgehead atoms. The minimum Gasteiger partial charge on any atom is -0.481 e. The topological polar surface area (TPSA) is 34.4 Å². The fourth-order valence-corrected chi connectivity index (χ4v) is 3.03. The predicted molar refractivity (Wildman–Crippen MR) is 82.4 cm³/mol. The average molecular weight is 308 g/mol. The van der Waals surface area contributed by atoms with Crippen LogP contribution in [0.25, 0.3) is 11.0 Å². The first-order valence-corrected chi connectivity index (χ1v) is 7.64. The highest BCUT2D eigenvalue weighted by Gasteiger charge is 2.16. The van der Waals surface area contributed by atoms with E-state index in [-0.39, 0.29) is 6.10 Å². The number of furan rings is 1. The third-order valence-electron chi connectivity index (χ3n) is 3.07. The molecule has 0 radical (unpaired) electrons. The lowest BCUT2D eigenvalue weighted by molar-refractivity contribution is 0.200. The van der Waals surface area contributed by atoms with Crippen LogP contribution in [0.3, 0.4) is 0 Å². The van der Waals surface area contributed by atoms with Gasteiger partial charge in [0.15, 0.2) is 11.3 Å². The smallest absolute Gasteiger partial charge is 0.175 e. The van der Waals surface area contributed by atoms with E-state index >= 15 is 0 Å². The Balaban J connectivity index is 1.87. The number of hydrogen-bond acceptors (Lipinski definition) is 4. The first-order valence-electron chi connectivity index (χ1n) is 6.38. The van der Waals surface area contributed by atoms with Crippen LogP contribution in [-0.2, 0) is 0 Å². The van der Waals surface area contributed by atoms with E-state index in [1.165, 1.54) is 4.88 Å². The van der Waals surface area contributed by atoms with E-state index in [2.05, 4.69) is 10.9 Å². The standard InChI is InChI=1S/C15H14ClNO2S/c16-17-8-6-12(14-5-2-10-20-14)19-13-4-1-3-11-7-9-18-15(11)13/h1-5,7,9-10,12,17H,6,8H2. The zero-order chi connectivity index (χ0) is 13.8. The molecular weight excluding hydrogens is 294 g/mol. The number of fused-ring (bicyclic) bond motifs is 1. The van der Waals surface area contributed by atoms with Gasteiger partial charge in [-0.25, -0.2) is 4.84 Å². The SMILES string of the molecule is ClNCCC(Oc1cccc2ccoc12)c1cccs1. The molecule has 0 saturated heterocycles. The Bertz CT molecular complexity index is 665. The largest absolute Gasteiger partial charge is 0.481 e. The number of rotatable bonds is 6. The highest BCUT2D eigenvalue weighted by Crippen LogP contribution is 2.33. The van der Waals surface area contributed by atoms with Gasteiger partial charge in [0.05, 0.1) is 6.26 Å². The van der Waals surface area contributed by atoms with E-state index in [0.29, 0.717) is 6.54 Å². The molecule has 0 aliphatic carbocycles. The molecule has 1 atom stereocenters. The Labute approximate surface area is 126 Å². The summed E-state index contributed by atoms with van der Waals surface area (Å²) in [6.45, 7) is 0.679. The summed E-state index contributed by atoms with van der Waals surface area (Å²) in [7, 11) is 0. The lowest BCUT2D eigenvalue weighted by Crippen LogP contribution is -2.12. The molecule has 5 heteroatoms. The van der Waals surface area contributed by atoms with Gasteiger partial charge in [-0.1, -0.05) is 18.2 Å². The number of benzene rings is 1. The summed E-state index contributed by atoms with van der Waals surface area (Å²) in [5.74, 6) is 0.764. The Morgan fingerprint density at radius 3 is 3.00 bits per heavy atom. The van der Waals surface area contributed by atoms with Crippen molar-refractivity contribution in [2.45, 2.75) is 12.5 Å². The lowest BCUT2D eigenvalue weighted by Gasteiger charge is -2.17. The maximum atomic E-state index is 6.15. The highest BCUT2D eigenvalue weighted by atomic mass is 35.5. The summed E-state index contributed by atoms with van der Waals surface area (Å²) in [4.78, 5) is 3.83. The summed E-state index contributed by atoms with van der Waals surface area (Å²) < 4.78 is 11.7. The van der Waals surface area contributed by atoms with E-state index in [4.69, 9.17) is 20.9 Å². The number of hydrogen-bond donors (Lipinski definition) is 1. The van der Waals surface area contributed by atoms with Gasteiger partial charge in [-0.15, -0.1) is 11.3 Å². The molecule has 1 N–H and O–H groups in total. The van der Waals surface area contributed by atoms with Crippen LogP contribution in [0.1, 0.15) is 17.4 Å². The molecule has 0 spiro atoms. The Morgan fingerprint density at radius 1 is 1.25 bits per heavy atom. The molecule has 3 aromatic rings. The van der Waals surface area contributed by atoms with Gasteiger partial charge >= 0.3 is 0 Å². The Morgan fingerprint density at radius 2 is 2.20 bits per heavy atom. The third kappa shape index (κ3) is 2.82. The van der Waals surface area contributed by atoms with Crippen LogP contribution in [0.2, 0.25) is 0 Å². The second kappa shape index (κ2) is 6.31. The quantitative estimate of drug-likeness (QED) is 0.667. The fourth-order valence-electron chi connectivity index (χ4n) is 2.13. The zero-order valence-corrected chi connectivity index (χ0v) is 12.3. The van der Waals surface area contributed by atoms with E-state index in [1.54, 1.807) is 17.6 Å². The van der Waals surface area contributed by atoms with Crippen molar-refractivity contribution in [3.05, 3.63) is 52.9 Å². The van der Waals surface area contributed by atoms with E-state index in [1.807, 2.05) is 35.7 Å². The number of thiophene rings is 1. The molecule has 0 fully saturated rings. The van der Waals surface area contributed by atoms with E-state index < -0.39 is 0 Å². The van der Waals surface area contributed by atoms with Gasteiger partial charge in [-0.05, 0) is 35.4 Å². The third-order valence-corrected chi connectivity index (χ3v) is 4.23. The average Bonchev–Trinajstić information content (AvgIpc) is 3.14. The Kier molecular flexibility index (Phi) is 4.25. The van der Waals surface area contributed by atoms with E-state index in [9.17, 15) is 0 Å². The van der Waals surface area contributed by atoms with Crippen molar-refractivity contribution < 1.29 is 9.15 Å². The lowest BCUT2D eigenvalue weighted by atomic mass is 10.2. The molecule has 0 amide bonds. The molecule has 1 aromatic carbocycles. The normalized spacial score (nSPS) is 12.7. The van der Waals surface area contributed by atoms with Crippen LogP contribution in [-0.4, -0.2) is 6.54 Å². The molecule has 0 saturated carbocycles. The van der Waals surface area contributed by atoms with Crippen molar-refractivity contribution >= 4 is 34.1 Å². The van der Waals surface area contributed by atoms with E-state index in [0.717, 1.165) is 23.1 Å². The van der Waals surface area contributed by atoms with Crippen molar-refractivity contribution in [2.24, 2.45) is 0 Å². The first-order chi connectivity index (χ1) is 9.88. The van der Waals surface area contributed by atoms with Crippen molar-refractivity contribution in [1.29, 1.82) is 0 Å². The summed E-state index contributed by atoms with van der Waals surface area (Å²) in [5.41, 5.74) is 0.785. The minimum atomic E-state index is -0.0306. The molecule has 2 aromatic heterocycles. The minimum absolute atomic E-state index is 0.0306. The molecule has 0 aliphatic heterocycles. The molecular formula is C15H14ClNO2S. The number of para-hydroxylation sites is 1. The van der Waals surface area contributed by atoms with Gasteiger partial charge in [0.2, 0.25) is 0 Å². The molecule has 1 unspecified atom stereocenters. The fraction of sp³-hybridized carbons (Fsp3) is 0.200. The van der Waals surface area contributed by atoms with Crippen LogP contribution in [0, 0.1) is 0 Å². The first kappa shape index (κ1) is 13.5. The van der Waals surface area contributed by atoms with Gasteiger partial charge in [0.1, 0.15) is 6.10 Å². The van der Waals surface area contributed by atoms with Crippen molar-refractivity contribution in [2.75, 3.05) is 6.54 Å². The molecule has 0 aliphatic rings. The van der Waals surface area contributed by atoms with Gasteiger partial charge in [0, 0.05) is 23.2 Å². The van der Waals surface area contributed by atoms with Crippen LogP contribution in [0.4, 0.5) is 0 Å². The van der Waals surface area contributed by atoms with Gasteiger partial charge in [-0.2, -0.15) is 0 Å². The molecule has 3 nitrogen and oxygen atoms in total. The van der Waals surface area contributed by atoms with Gasteiger partial charge < -0.3 is 9.15 Å². The highest BCUT2D eigenvalue weighted by molar-refractivity contribution is 7.10. The van der Waals surface area contributed by atoms with Gasteiger partial charge in [-0.3, -0.25) is 0 Å². The molecule has 2 heterocycles. The van der Waals surface area contributed by atoms with Crippen LogP contribution in [0.15, 0.2) is 52.5 Å². The zero-order valence-electron chi connectivity index (χ0n) is 10.7. The van der Waals surface area contributed by atoms with Crippen LogP contribution < -0.4 is 9.57 Å². The summed E-state index contributed by atoms with van der Waals surface area (Å²) >= 11 is 7.25. The summed E-state index contributed by atoms with van der Waals surface area (Å²) in [5, 5.41) is 3.09. The number of ether oxygens (including phenoxy) is 1. The molecule has 3 rings (SSSR count). The maximum Gasteiger partial charge on any atom is 0.175 e. The second-order valence-corrected chi connectivity index (χ2v) is 5.64. The monoisotopic (exact) mass is 307 g/mol. The van der Waals surface area contributed by atoms with Crippen molar-refractivity contribution in [1.82, 2.24) is 4.84 Å². The molecule has 20 heavy (non-hydrogen) atoms. The van der Waals surface area contributed by atoms with Crippen molar-refractivity contribution in [3.8, 4) is 5.75 Å². The van der Waals surface area contributed by atoms with Gasteiger partial charge in [0.25, 0.3) is 0 Å². The van der Waals surface area contributed by atoms with Crippen molar-refractivity contribution in [3.63, 3.8) is 0 Å². The predicted octanol–water partition coefficient (Wildman–Crippen LogP) is 4.75. The second-order valence-electron chi connectivity index (χ2n) is 4.39. The number of nitrogens with one attached hydrogen (secondary N) is 1. The summed E-state index contributed by atoms with van der Waals surface area (Å²) in [6, 6.07) is 11.9. The van der Waals surface area contributed by atoms with Crippen LogP contribution in [0.5, 0.6) is 5.75 Å². The molecule has 104 valence electrons. The summed E-state index contributed by atoms with van der Waals surface area (Å²) in [6.07, 6.45) is 2.44. The number of halogens is 1.